The summed E-state index contributed by atoms with van der Waals surface area (Å²) in [5.41, 5.74) is 4.53. The number of nitriles is 1. The van der Waals surface area contributed by atoms with Crippen molar-refractivity contribution >= 4 is 11.3 Å². The Balaban J connectivity index is 1.81. The van der Waals surface area contributed by atoms with Crippen LogP contribution in [0.15, 0.2) is 60.7 Å². The molecule has 0 amide bonds. The topological polar surface area (TPSA) is 23.8 Å². The Labute approximate surface area is 129 Å². The van der Waals surface area contributed by atoms with Crippen molar-refractivity contribution < 1.29 is 0 Å². The van der Waals surface area contributed by atoms with Crippen molar-refractivity contribution in [2.24, 2.45) is 0 Å². The second kappa shape index (κ2) is 5.95. The molecular formula is C19H15NS. The van der Waals surface area contributed by atoms with Gasteiger partial charge in [-0.25, -0.2) is 0 Å². The van der Waals surface area contributed by atoms with E-state index < -0.39 is 0 Å². The molecule has 1 heterocycles. The fraction of sp³-hybridized carbons (Fsp3) is 0.105. The first-order valence-corrected chi connectivity index (χ1v) is 7.71. The normalized spacial score (nSPS) is 10.3. The fourth-order valence-electron chi connectivity index (χ4n) is 2.36. The van der Waals surface area contributed by atoms with Crippen molar-refractivity contribution in [1.82, 2.24) is 0 Å². The smallest absolute Gasteiger partial charge is 0.0991 e. The van der Waals surface area contributed by atoms with Crippen LogP contribution in [0.2, 0.25) is 0 Å². The largest absolute Gasteiger partial charge is 0.192 e. The van der Waals surface area contributed by atoms with Gasteiger partial charge in [-0.05, 0) is 42.3 Å². The fourth-order valence-corrected chi connectivity index (χ4v) is 3.41. The lowest BCUT2D eigenvalue weighted by atomic mass is 10.1. The standard InChI is InChI=1S/C19H15NS/c1-14-3-2-4-16(11-14)12-18-9-10-19(21-18)17-7-5-15(13-20)6-8-17/h2-11H,12H2,1H3. The molecule has 21 heavy (non-hydrogen) atoms. The number of nitrogens with zero attached hydrogens (tertiary/aromatic N) is 1. The van der Waals surface area contributed by atoms with E-state index in [1.54, 1.807) is 0 Å². The summed E-state index contributed by atoms with van der Waals surface area (Å²) in [6, 6.07) is 22.9. The van der Waals surface area contributed by atoms with Gasteiger partial charge in [-0.2, -0.15) is 5.26 Å². The molecule has 1 nitrogen and oxygen atoms in total. The lowest BCUT2D eigenvalue weighted by Crippen LogP contribution is -1.84. The van der Waals surface area contributed by atoms with Crippen LogP contribution in [0.1, 0.15) is 21.6 Å². The third-order valence-electron chi connectivity index (χ3n) is 3.42. The minimum atomic E-state index is 0.704. The van der Waals surface area contributed by atoms with Gasteiger partial charge in [0.1, 0.15) is 0 Å². The Morgan fingerprint density at radius 1 is 1.00 bits per heavy atom. The summed E-state index contributed by atoms with van der Waals surface area (Å²) in [7, 11) is 0. The van der Waals surface area contributed by atoms with Crippen LogP contribution in [0.25, 0.3) is 10.4 Å². The summed E-state index contributed by atoms with van der Waals surface area (Å²) in [5, 5.41) is 8.84. The molecule has 102 valence electrons. The highest BCUT2D eigenvalue weighted by Crippen LogP contribution is 2.29. The molecule has 0 unspecified atom stereocenters. The van der Waals surface area contributed by atoms with E-state index in [2.05, 4.69) is 49.4 Å². The molecule has 0 aliphatic rings. The number of rotatable bonds is 3. The second-order valence-electron chi connectivity index (χ2n) is 5.12. The van der Waals surface area contributed by atoms with E-state index in [1.807, 2.05) is 35.6 Å². The van der Waals surface area contributed by atoms with Crippen LogP contribution in [0.4, 0.5) is 0 Å². The van der Waals surface area contributed by atoms with Crippen molar-refractivity contribution in [3.63, 3.8) is 0 Å². The molecule has 2 aromatic carbocycles. The molecular weight excluding hydrogens is 274 g/mol. The molecule has 0 atom stereocenters. The Kier molecular flexibility index (Phi) is 3.85. The molecule has 2 heteroatoms. The summed E-state index contributed by atoms with van der Waals surface area (Å²) in [4.78, 5) is 2.61. The highest BCUT2D eigenvalue weighted by molar-refractivity contribution is 7.15. The van der Waals surface area contributed by atoms with Crippen LogP contribution in [0.3, 0.4) is 0 Å². The van der Waals surface area contributed by atoms with Gasteiger partial charge in [0.25, 0.3) is 0 Å². The van der Waals surface area contributed by atoms with E-state index in [0.29, 0.717) is 5.56 Å². The van der Waals surface area contributed by atoms with E-state index in [0.717, 1.165) is 6.42 Å². The van der Waals surface area contributed by atoms with Crippen LogP contribution in [-0.2, 0) is 6.42 Å². The average Bonchev–Trinajstić information content (AvgIpc) is 2.96. The molecule has 1 aromatic heterocycles. The summed E-state index contributed by atoms with van der Waals surface area (Å²) in [6.45, 7) is 2.13. The Bertz CT molecular complexity index is 791. The molecule has 3 aromatic rings. The van der Waals surface area contributed by atoms with Crippen LogP contribution in [0.5, 0.6) is 0 Å². The highest BCUT2D eigenvalue weighted by Gasteiger charge is 2.04. The molecule has 0 N–H and O–H groups in total. The lowest BCUT2D eigenvalue weighted by molar-refractivity contribution is 1.22. The van der Waals surface area contributed by atoms with Crippen molar-refractivity contribution in [3.05, 3.63) is 82.2 Å². The number of hydrogen-bond acceptors (Lipinski definition) is 2. The molecule has 0 radical (unpaired) electrons. The number of benzene rings is 2. The number of aryl methyl sites for hydroxylation is 1. The van der Waals surface area contributed by atoms with Gasteiger partial charge < -0.3 is 0 Å². The average molecular weight is 289 g/mol. The van der Waals surface area contributed by atoms with Gasteiger partial charge in [0.15, 0.2) is 0 Å². The third-order valence-corrected chi connectivity index (χ3v) is 4.56. The zero-order chi connectivity index (χ0) is 14.7. The van der Waals surface area contributed by atoms with Crippen LogP contribution < -0.4 is 0 Å². The maximum absolute atomic E-state index is 8.84. The van der Waals surface area contributed by atoms with E-state index in [1.165, 1.54) is 26.4 Å². The maximum atomic E-state index is 8.84. The van der Waals surface area contributed by atoms with Gasteiger partial charge in [-0.3, -0.25) is 0 Å². The van der Waals surface area contributed by atoms with Gasteiger partial charge in [-0.1, -0.05) is 42.0 Å². The van der Waals surface area contributed by atoms with E-state index in [4.69, 9.17) is 5.26 Å². The molecule has 0 bridgehead atoms. The van der Waals surface area contributed by atoms with Crippen molar-refractivity contribution in [2.45, 2.75) is 13.3 Å². The quantitative estimate of drug-likeness (QED) is 0.651. The summed E-state index contributed by atoms with van der Waals surface area (Å²) < 4.78 is 0. The number of hydrogen-bond donors (Lipinski definition) is 0. The van der Waals surface area contributed by atoms with Gasteiger partial charge in [-0.15, -0.1) is 11.3 Å². The first kappa shape index (κ1) is 13.6. The molecule has 3 rings (SSSR count). The van der Waals surface area contributed by atoms with Crippen molar-refractivity contribution in [1.29, 1.82) is 5.26 Å². The second-order valence-corrected chi connectivity index (χ2v) is 6.29. The van der Waals surface area contributed by atoms with E-state index in [9.17, 15) is 0 Å². The highest BCUT2D eigenvalue weighted by atomic mass is 32.1. The zero-order valence-electron chi connectivity index (χ0n) is 11.8. The molecule has 0 saturated carbocycles. The third kappa shape index (κ3) is 3.21. The Morgan fingerprint density at radius 3 is 2.52 bits per heavy atom. The maximum Gasteiger partial charge on any atom is 0.0991 e. The van der Waals surface area contributed by atoms with E-state index in [-0.39, 0.29) is 0 Å². The van der Waals surface area contributed by atoms with Crippen molar-refractivity contribution in [3.8, 4) is 16.5 Å². The van der Waals surface area contributed by atoms with Gasteiger partial charge in [0, 0.05) is 16.2 Å². The summed E-state index contributed by atoms with van der Waals surface area (Å²) in [6.07, 6.45) is 0.975. The molecule has 0 saturated heterocycles. The molecule has 0 fully saturated rings. The zero-order valence-corrected chi connectivity index (χ0v) is 12.7. The molecule has 0 aliphatic carbocycles. The minimum Gasteiger partial charge on any atom is -0.192 e. The predicted octanol–water partition coefficient (Wildman–Crippen LogP) is 5.19. The Hall–Kier alpha value is -2.37. The lowest BCUT2D eigenvalue weighted by Gasteiger charge is -2.00. The first-order chi connectivity index (χ1) is 10.2. The van der Waals surface area contributed by atoms with E-state index >= 15 is 0 Å². The van der Waals surface area contributed by atoms with Gasteiger partial charge in [0.2, 0.25) is 0 Å². The number of thiophene rings is 1. The van der Waals surface area contributed by atoms with Crippen LogP contribution >= 0.6 is 11.3 Å². The molecule has 0 aliphatic heterocycles. The van der Waals surface area contributed by atoms with Crippen molar-refractivity contribution in [2.75, 3.05) is 0 Å². The Morgan fingerprint density at radius 2 is 1.81 bits per heavy atom. The predicted molar refractivity (Wildman–Crippen MR) is 88.5 cm³/mol. The monoisotopic (exact) mass is 289 g/mol. The van der Waals surface area contributed by atoms with Crippen LogP contribution in [-0.4, -0.2) is 0 Å². The molecule has 0 spiro atoms. The first-order valence-electron chi connectivity index (χ1n) is 6.89. The SMILES string of the molecule is Cc1cccc(Cc2ccc(-c3ccc(C#N)cc3)s2)c1. The van der Waals surface area contributed by atoms with Crippen LogP contribution in [0, 0.1) is 18.3 Å². The summed E-state index contributed by atoms with van der Waals surface area (Å²) in [5.74, 6) is 0. The summed E-state index contributed by atoms with van der Waals surface area (Å²) >= 11 is 1.82. The van der Waals surface area contributed by atoms with Gasteiger partial charge >= 0.3 is 0 Å². The minimum absolute atomic E-state index is 0.704. The van der Waals surface area contributed by atoms with Gasteiger partial charge in [0.05, 0.1) is 11.6 Å².